The molecule has 0 N–H and O–H groups in total. The average Bonchev–Trinajstić information content (AvgIpc) is 1.95. The second-order valence-electron chi connectivity index (χ2n) is 4.40. The van der Waals surface area contributed by atoms with Crippen LogP contribution in [0.3, 0.4) is 0 Å². The van der Waals surface area contributed by atoms with Gasteiger partial charge < -0.3 is 0 Å². The zero-order chi connectivity index (χ0) is 7.99. The predicted octanol–water partition coefficient (Wildman–Crippen LogP) is 3.20. The normalized spacial score (nSPS) is 26.6. The fourth-order valence-corrected chi connectivity index (χ4v) is 1.50. The fraction of sp³-hybridized carbons (Fsp3) is 0.700. The van der Waals surface area contributed by atoms with Crippen LogP contribution in [0.25, 0.3) is 0 Å². The Bertz CT molecular complexity index is 148. The molecule has 0 radical (unpaired) electrons. The van der Waals surface area contributed by atoms with Gasteiger partial charge in [-0.1, -0.05) is 27.7 Å². The van der Waals surface area contributed by atoms with Crippen LogP contribution >= 0.6 is 0 Å². The van der Waals surface area contributed by atoms with Crippen LogP contribution in [0.5, 0.6) is 0 Å². The van der Waals surface area contributed by atoms with Crippen molar-refractivity contribution in [2.24, 2.45) is 10.8 Å². The summed E-state index contributed by atoms with van der Waals surface area (Å²) < 4.78 is 0. The minimum absolute atomic E-state index is 0. The van der Waals surface area contributed by atoms with E-state index in [1.54, 1.807) is 5.92 Å². The molecule has 1 aliphatic carbocycles. The average molecular weight is 226 g/mol. The van der Waals surface area contributed by atoms with Crippen LogP contribution in [0.4, 0.5) is 0 Å². The van der Waals surface area contributed by atoms with Crippen LogP contribution in [0, 0.1) is 16.7 Å². The zero-order valence-electron chi connectivity index (χ0n) is 8.23. The van der Waals surface area contributed by atoms with Crippen molar-refractivity contribution in [3.05, 3.63) is 18.1 Å². The molecule has 1 heteroatoms. The van der Waals surface area contributed by atoms with Gasteiger partial charge in [0.25, 0.3) is 0 Å². The van der Waals surface area contributed by atoms with Gasteiger partial charge in [-0.3, -0.25) is 5.92 Å². The topological polar surface area (TPSA) is 0 Å². The third kappa shape index (κ3) is 2.15. The smallest absolute Gasteiger partial charge is 0.298 e. The maximum atomic E-state index is 2.31. The Labute approximate surface area is 95.7 Å². The first-order valence-electron chi connectivity index (χ1n) is 3.91. The minimum atomic E-state index is 0. The van der Waals surface area contributed by atoms with E-state index in [-0.39, 0.29) is 32.7 Å². The fourth-order valence-electron chi connectivity index (χ4n) is 1.50. The number of rotatable bonds is 0. The van der Waals surface area contributed by atoms with Gasteiger partial charge >= 0.3 is 32.7 Å². The SMILES string of the molecule is C[C-]1C(C)(C)C=CC1(C)C.[Y+3]. The van der Waals surface area contributed by atoms with Crippen molar-refractivity contribution >= 4 is 0 Å². The van der Waals surface area contributed by atoms with Gasteiger partial charge in [0.2, 0.25) is 0 Å². The summed E-state index contributed by atoms with van der Waals surface area (Å²) in [6, 6.07) is 0. The molecule has 0 spiro atoms. The molecule has 11 heavy (non-hydrogen) atoms. The van der Waals surface area contributed by atoms with Crippen LogP contribution in [0.1, 0.15) is 34.6 Å². The number of hydrogen-bond acceptors (Lipinski definition) is 0. The van der Waals surface area contributed by atoms with E-state index >= 15 is 0 Å². The molecule has 0 saturated heterocycles. The summed E-state index contributed by atoms with van der Waals surface area (Å²) in [7, 11) is 0. The van der Waals surface area contributed by atoms with Crippen molar-refractivity contribution in [1.82, 2.24) is 0 Å². The molecule has 0 saturated carbocycles. The molecule has 0 atom stereocenters. The van der Waals surface area contributed by atoms with Crippen molar-refractivity contribution in [2.45, 2.75) is 34.6 Å². The third-order valence-electron chi connectivity index (χ3n) is 2.85. The van der Waals surface area contributed by atoms with E-state index in [0.717, 1.165) is 0 Å². The standard InChI is InChI=1S/C10H17.Y/c1-8-9(2,3)6-7-10(8,4)5;/h6-7H,1-5H3;/q-1;+3. The number of hydrogen-bond donors (Lipinski definition) is 0. The molecule has 0 aromatic heterocycles. The molecule has 0 aliphatic heterocycles. The largest absolute Gasteiger partial charge is 3.00 e. The molecule has 0 nitrogen and oxygen atoms in total. The Kier molecular flexibility index (Phi) is 3.55. The molecule has 0 aromatic carbocycles. The van der Waals surface area contributed by atoms with Gasteiger partial charge in [0.05, 0.1) is 0 Å². The second-order valence-corrected chi connectivity index (χ2v) is 4.40. The molecule has 0 fully saturated rings. The van der Waals surface area contributed by atoms with Crippen molar-refractivity contribution in [1.29, 1.82) is 0 Å². The van der Waals surface area contributed by atoms with E-state index in [9.17, 15) is 0 Å². The van der Waals surface area contributed by atoms with Gasteiger partial charge in [0.15, 0.2) is 0 Å². The van der Waals surface area contributed by atoms with Crippen LogP contribution in [0.2, 0.25) is 0 Å². The maximum Gasteiger partial charge on any atom is 3.00 e. The number of allylic oxidation sites excluding steroid dienone is 2. The molecular formula is C10H17Y+2. The van der Waals surface area contributed by atoms with Crippen LogP contribution in [-0.4, -0.2) is 0 Å². The summed E-state index contributed by atoms with van der Waals surface area (Å²) >= 11 is 0. The van der Waals surface area contributed by atoms with E-state index in [1.165, 1.54) is 0 Å². The molecule has 1 aliphatic rings. The Morgan fingerprint density at radius 3 is 1.27 bits per heavy atom. The van der Waals surface area contributed by atoms with E-state index in [0.29, 0.717) is 10.8 Å². The Morgan fingerprint density at radius 2 is 1.18 bits per heavy atom. The first kappa shape index (κ1) is 11.8. The zero-order valence-corrected chi connectivity index (χ0v) is 11.1. The summed E-state index contributed by atoms with van der Waals surface area (Å²) in [5.74, 6) is 1.57. The van der Waals surface area contributed by atoms with E-state index in [1.807, 2.05) is 0 Å². The van der Waals surface area contributed by atoms with Crippen molar-refractivity contribution < 1.29 is 32.7 Å². The summed E-state index contributed by atoms with van der Waals surface area (Å²) in [6.45, 7) is 11.3. The molecule has 0 heterocycles. The Morgan fingerprint density at radius 1 is 0.909 bits per heavy atom. The Hall–Kier alpha value is 0.844. The summed E-state index contributed by atoms with van der Waals surface area (Å²) in [4.78, 5) is 0. The minimum Gasteiger partial charge on any atom is -0.298 e. The summed E-state index contributed by atoms with van der Waals surface area (Å²) in [5.41, 5.74) is 0.646. The molecule has 58 valence electrons. The first-order valence-corrected chi connectivity index (χ1v) is 3.91. The monoisotopic (exact) mass is 226 g/mol. The Balaban J connectivity index is 0.000001000. The van der Waals surface area contributed by atoms with E-state index < -0.39 is 0 Å². The van der Waals surface area contributed by atoms with Gasteiger partial charge in [0.1, 0.15) is 0 Å². The molecule has 0 bridgehead atoms. The molecular weight excluding hydrogens is 209 g/mol. The van der Waals surface area contributed by atoms with Crippen molar-refractivity contribution in [3.8, 4) is 0 Å². The van der Waals surface area contributed by atoms with E-state index in [2.05, 4.69) is 46.8 Å². The molecule has 0 unspecified atom stereocenters. The van der Waals surface area contributed by atoms with Gasteiger partial charge in [-0.2, -0.15) is 6.92 Å². The summed E-state index contributed by atoms with van der Waals surface area (Å²) in [6.07, 6.45) is 4.62. The van der Waals surface area contributed by atoms with Gasteiger partial charge in [-0.25, -0.2) is 0 Å². The quantitative estimate of drug-likeness (QED) is 0.439. The van der Waals surface area contributed by atoms with Crippen LogP contribution < -0.4 is 0 Å². The maximum absolute atomic E-state index is 2.31. The van der Waals surface area contributed by atoms with Crippen LogP contribution in [-0.2, 0) is 32.7 Å². The van der Waals surface area contributed by atoms with Gasteiger partial charge in [-0.15, -0.1) is 23.0 Å². The molecule has 0 aromatic rings. The molecule has 1 rings (SSSR count). The predicted molar refractivity (Wildman–Crippen MR) is 45.6 cm³/mol. The van der Waals surface area contributed by atoms with Gasteiger partial charge in [-0.05, 0) is 0 Å². The second kappa shape index (κ2) is 3.30. The first-order chi connectivity index (χ1) is 4.36. The third-order valence-corrected chi connectivity index (χ3v) is 2.85. The van der Waals surface area contributed by atoms with E-state index in [4.69, 9.17) is 0 Å². The van der Waals surface area contributed by atoms with Crippen molar-refractivity contribution in [3.63, 3.8) is 0 Å². The van der Waals surface area contributed by atoms with Crippen LogP contribution in [0.15, 0.2) is 12.2 Å². The summed E-state index contributed by atoms with van der Waals surface area (Å²) in [5, 5.41) is 0. The van der Waals surface area contributed by atoms with Gasteiger partial charge in [0, 0.05) is 0 Å². The van der Waals surface area contributed by atoms with Crippen molar-refractivity contribution in [2.75, 3.05) is 0 Å². The molecule has 0 amide bonds.